The highest BCUT2D eigenvalue weighted by Crippen LogP contribution is 2.23. The number of likely N-dealkylation sites (tertiary alicyclic amines) is 1. The molecule has 2 saturated heterocycles. The molecule has 0 radical (unpaired) electrons. The van der Waals surface area contributed by atoms with Gasteiger partial charge >= 0.3 is 5.69 Å². The van der Waals surface area contributed by atoms with Gasteiger partial charge in [-0.2, -0.15) is 0 Å². The van der Waals surface area contributed by atoms with E-state index in [0.717, 1.165) is 44.1 Å². The van der Waals surface area contributed by atoms with E-state index in [1.165, 1.54) is 22.0 Å². The molecule has 2 aromatic rings. The van der Waals surface area contributed by atoms with Gasteiger partial charge in [0, 0.05) is 33.0 Å². The third kappa shape index (κ3) is 4.36. The van der Waals surface area contributed by atoms with Crippen molar-refractivity contribution in [2.75, 3.05) is 39.8 Å². The predicted molar refractivity (Wildman–Crippen MR) is 123 cm³/mol. The molecule has 1 atom stereocenters. The number of amides is 1. The summed E-state index contributed by atoms with van der Waals surface area (Å²) in [5.74, 6) is 6.58. The number of aryl methyl sites for hydroxylation is 1. The molecule has 2 N–H and O–H groups in total. The van der Waals surface area contributed by atoms with Gasteiger partial charge in [0.25, 0.3) is 5.91 Å². The van der Waals surface area contributed by atoms with Crippen LogP contribution in [0.1, 0.15) is 37.3 Å². The maximum atomic E-state index is 13.0. The number of benzene rings is 1. The van der Waals surface area contributed by atoms with Crippen LogP contribution in [0.15, 0.2) is 23.0 Å². The molecule has 1 aromatic carbocycles. The standard InChI is InChI=1S/C24H31N5O3/c1-25-16-17-10-14-28(15-11-17)13-4-3-6-18-7-5-8-19-21(18)27(2)24(32)29(19)22-20(30)9-12-26-23(22)31/h5,7-8,17,22,25H,4,9-16H2,1-2H3,(H,26,31). The van der Waals surface area contributed by atoms with E-state index in [4.69, 9.17) is 0 Å². The minimum Gasteiger partial charge on any atom is -0.353 e. The highest BCUT2D eigenvalue weighted by atomic mass is 16.2. The molecular weight excluding hydrogens is 406 g/mol. The summed E-state index contributed by atoms with van der Waals surface area (Å²) in [6, 6.07) is 4.35. The van der Waals surface area contributed by atoms with Gasteiger partial charge in [-0.3, -0.25) is 18.7 Å². The van der Waals surface area contributed by atoms with Crippen LogP contribution in [-0.2, 0) is 16.6 Å². The number of carbonyl (C=O) groups excluding carboxylic acids is 2. The van der Waals surface area contributed by atoms with Gasteiger partial charge in [0.05, 0.1) is 16.6 Å². The molecule has 2 fully saturated rings. The lowest BCUT2D eigenvalue weighted by Gasteiger charge is -2.31. The first-order valence-corrected chi connectivity index (χ1v) is 11.4. The molecule has 8 heteroatoms. The van der Waals surface area contributed by atoms with E-state index in [9.17, 15) is 14.4 Å². The number of ketones is 1. The van der Waals surface area contributed by atoms with E-state index in [2.05, 4.69) is 27.4 Å². The van der Waals surface area contributed by atoms with Crippen molar-refractivity contribution in [3.05, 3.63) is 34.2 Å². The Kier molecular flexibility index (Phi) is 6.77. The third-order valence-electron chi connectivity index (χ3n) is 6.56. The molecule has 1 aromatic heterocycles. The number of carbonyl (C=O) groups is 2. The molecule has 2 aliphatic heterocycles. The van der Waals surface area contributed by atoms with E-state index < -0.39 is 11.9 Å². The Labute approximate surface area is 187 Å². The van der Waals surface area contributed by atoms with Gasteiger partial charge in [-0.15, -0.1) is 0 Å². The molecule has 0 bridgehead atoms. The summed E-state index contributed by atoms with van der Waals surface area (Å²) in [7, 11) is 3.67. The maximum absolute atomic E-state index is 13.0. The lowest BCUT2D eigenvalue weighted by molar-refractivity contribution is -0.135. The van der Waals surface area contributed by atoms with Crippen LogP contribution in [-0.4, -0.2) is 65.5 Å². The minimum atomic E-state index is -1.12. The Morgan fingerprint density at radius 2 is 1.97 bits per heavy atom. The molecule has 0 spiro atoms. The van der Waals surface area contributed by atoms with Gasteiger partial charge in [0.15, 0.2) is 11.8 Å². The van der Waals surface area contributed by atoms with E-state index in [1.54, 1.807) is 13.1 Å². The normalized spacial score (nSPS) is 20.2. The van der Waals surface area contributed by atoms with Crippen LogP contribution in [0.4, 0.5) is 0 Å². The number of fused-ring (bicyclic) bond motifs is 1. The fraction of sp³-hybridized carbons (Fsp3) is 0.542. The molecule has 1 unspecified atom stereocenters. The molecule has 1 amide bonds. The lowest BCUT2D eigenvalue weighted by atomic mass is 9.97. The third-order valence-corrected chi connectivity index (χ3v) is 6.56. The monoisotopic (exact) mass is 437 g/mol. The number of piperidine rings is 2. The summed E-state index contributed by atoms with van der Waals surface area (Å²) in [4.78, 5) is 40.3. The van der Waals surface area contributed by atoms with Gasteiger partial charge in [-0.1, -0.05) is 17.9 Å². The van der Waals surface area contributed by atoms with Crippen LogP contribution in [0.5, 0.6) is 0 Å². The largest absolute Gasteiger partial charge is 0.353 e. The summed E-state index contributed by atoms with van der Waals surface area (Å²) in [6.45, 7) is 4.56. The van der Waals surface area contributed by atoms with E-state index in [1.807, 2.05) is 19.2 Å². The zero-order valence-corrected chi connectivity index (χ0v) is 18.8. The zero-order chi connectivity index (χ0) is 22.7. The molecule has 2 aliphatic rings. The fourth-order valence-corrected chi connectivity index (χ4v) is 4.81. The molecule has 32 heavy (non-hydrogen) atoms. The van der Waals surface area contributed by atoms with Crippen molar-refractivity contribution in [3.63, 3.8) is 0 Å². The maximum Gasteiger partial charge on any atom is 0.330 e. The number of hydrogen-bond donors (Lipinski definition) is 2. The molecule has 0 saturated carbocycles. The van der Waals surface area contributed by atoms with Crippen LogP contribution in [0.2, 0.25) is 0 Å². The molecule has 0 aliphatic carbocycles. The second-order valence-electron chi connectivity index (χ2n) is 8.69. The van der Waals surface area contributed by atoms with Gasteiger partial charge in [-0.05, 0) is 57.6 Å². The summed E-state index contributed by atoms with van der Waals surface area (Å²) in [5, 5.41) is 5.96. The first-order valence-electron chi connectivity index (χ1n) is 11.4. The number of para-hydroxylation sites is 1. The van der Waals surface area contributed by atoms with Crippen molar-refractivity contribution in [1.29, 1.82) is 0 Å². The van der Waals surface area contributed by atoms with Crippen molar-refractivity contribution >= 4 is 22.7 Å². The number of hydrogen-bond acceptors (Lipinski definition) is 5. The highest BCUT2D eigenvalue weighted by Gasteiger charge is 2.34. The SMILES string of the molecule is CNCC1CCN(CCC#Cc2cccc3c2n(C)c(=O)n3C2C(=O)CCNC2=O)CC1. The zero-order valence-electron chi connectivity index (χ0n) is 18.8. The van der Waals surface area contributed by atoms with Crippen LogP contribution >= 0.6 is 0 Å². The van der Waals surface area contributed by atoms with E-state index in [-0.39, 0.29) is 17.9 Å². The Hall–Kier alpha value is -2.89. The second-order valence-corrected chi connectivity index (χ2v) is 8.69. The summed E-state index contributed by atoms with van der Waals surface area (Å²) >= 11 is 0. The van der Waals surface area contributed by atoms with Gasteiger partial charge < -0.3 is 15.5 Å². The van der Waals surface area contributed by atoms with Crippen molar-refractivity contribution in [2.24, 2.45) is 13.0 Å². The quantitative estimate of drug-likeness (QED) is 0.530. The fourth-order valence-electron chi connectivity index (χ4n) is 4.81. The van der Waals surface area contributed by atoms with Gasteiger partial charge in [0.2, 0.25) is 0 Å². The van der Waals surface area contributed by atoms with Crippen molar-refractivity contribution in [2.45, 2.75) is 31.7 Å². The topological polar surface area (TPSA) is 88.4 Å². The molecule has 4 rings (SSSR count). The van der Waals surface area contributed by atoms with Gasteiger partial charge in [-0.25, -0.2) is 4.79 Å². The smallest absolute Gasteiger partial charge is 0.330 e. The lowest BCUT2D eigenvalue weighted by Crippen LogP contribution is -2.46. The number of rotatable bonds is 5. The summed E-state index contributed by atoms with van der Waals surface area (Å²) in [5.41, 5.74) is 1.57. The minimum absolute atomic E-state index is 0.227. The Morgan fingerprint density at radius 3 is 2.69 bits per heavy atom. The Morgan fingerprint density at radius 1 is 1.19 bits per heavy atom. The average Bonchev–Trinajstić information content (AvgIpc) is 3.04. The Bertz CT molecular complexity index is 1110. The summed E-state index contributed by atoms with van der Waals surface area (Å²) < 4.78 is 2.80. The van der Waals surface area contributed by atoms with Crippen LogP contribution in [0, 0.1) is 17.8 Å². The molecule has 3 heterocycles. The van der Waals surface area contributed by atoms with Crippen molar-refractivity contribution in [3.8, 4) is 11.8 Å². The molecule has 170 valence electrons. The first-order chi connectivity index (χ1) is 15.5. The first kappa shape index (κ1) is 22.3. The highest BCUT2D eigenvalue weighted by molar-refractivity contribution is 6.06. The average molecular weight is 438 g/mol. The van der Waals surface area contributed by atoms with Crippen LogP contribution < -0.4 is 16.3 Å². The number of imidazole rings is 1. The number of nitrogens with zero attached hydrogens (tertiary/aromatic N) is 3. The van der Waals surface area contributed by atoms with Crippen molar-refractivity contribution in [1.82, 2.24) is 24.7 Å². The second kappa shape index (κ2) is 9.72. The molecule has 8 nitrogen and oxygen atoms in total. The van der Waals surface area contributed by atoms with Gasteiger partial charge in [0.1, 0.15) is 0 Å². The van der Waals surface area contributed by atoms with Crippen LogP contribution in [0.3, 0.4) is 0 Å². The summed E-state index contributed by atoms with van der Waals surface area (Å²) in [6.07, 6.45) is 3.42. The number of aromatic nitrogens is 2. The van der Waals surface area contributed by atoms with E-state index in [0.29, 0.717) is 17.6 Å². The van der Waals surface area contributed by atoms with E-state index >= 15 is 0 Å². The van der Waals surface area contributed by atoms with Crippen LogP contribution in [0.25, 0.3) is 11.0 Å². The predicted octanol–water partition coefficient (Wildman–Crippen LogP) is 0.643. The van der Waals surface area contributed by atoms with Crippen molar-refractivity contribution < 1.29 is 9.59 Å². The number of Topliss-reactive ketones (excluding diaryl/α,β-unsaturated/α-hetero) is 1. The molecular formula is C24H31N5O3. The Balaban J connectivity index is 1.52. The number of nitrogens with one attached hydrogen (secondary N) is 2.